The normalized spacial score (nSPS) is 18.7. The molecular weight excluding hydrogens is 444 g/mol. The third-order valence-electron chi connectivity index (χ3n) is 5.28. The fourth-order valence-corrected chi connectivity index (χ4v) is 6.26. The predicted molar refractivity (Wildman–Crippen MR) is 114 cm³/mol. The van der Waals surface area contributed by atoms with Crippen LogP contribution in [0.15, 0.2) is 47.4 Å². The zero-order chi connectivity index (χ0) is 22.1. The Morgan fingerprint density at radius 1 is 1.06 bits per heavy atom. The smallest absolute Gasteiger partial charge is 0.240 e. The van der Waals surface area contributed by atoms with Gasteiger partial charge in [0, 0.05) is 13.1 Å². The van der Waals surface area contributed by atoms with E-state index in [-0.39, 0.29) is 30.4 Å². The van der Waals surface area contributed by atoms with Gasteiger partial charge >= 0.3 is 0 Å². The lowest BCUT2D eigenvalue weighted by atomic mass is 10.1. The Bertz CT molecular complexity index is 1150. The van der Waals surface area contributed by atoms with E-state index in [1.54, 1.807) is 18.2 Å². The highest BCUT2D eigenvalue weighted by atomic mass is 32.2. The van der Waals surface area contributed by atoms with Gasteiger partial charge in [-0.1, -0.05) is 6.07 Å². The molecule has 0 bridgehead atoms. The molecule has 1 fully saturated rings. The zero-order valence-electron chi connectivity index (χ0n) is 16.7. The van der Waals surface area contributed by atoms with Gasteiger partial charge in [-0.05, 0) is 61.2 Å². The molecule has 4 rings (SSSR count). The van der Waals surface area contributed by atoms with Crippen molar-refractivity contribution in [1.82, 2.24) is 4.72 Å². The van der Waals surface area contributed by atoms with E-state index in [0.29, 0.717) is 35.7 Å². The summed E-state index contributed by atoms with van der Waals surface area (Å²) in [5.74, 6) is 1.26. The van der Waals surface area contributed by atoms with Crippen LogP contribution in [0, 0.1) is 0 Å². The molecule has 1 saturated heterocycles. The van der Waals surface area contributed by atoms with Gasteiger partial charge in [0.1, 0.15) is 0 Å². The number of ether oxygens (including phenoxy) is 2. The van der Waals surface area contributed by atoms with E-state index in [0.717, 1.165) is 6.42 Å². The number of fused-ring (bicyclic) bond motifs is 1. The highest BCUT2D eigenvalue weighted by molar-refractivity contribution is 7.92. The standard InChI is InChI=1S/C20H24N2O7S2/c23-18(15-3-8-19-20(13-15)29-14-28-19)9-10-21-31(26,27)17-6-4-16(5-7-17)22-11-1-2-12-30(22,24)25/h3-8,13,18,21,23H,1-2,9-12,14H2/t18-/m1/s1. The van der Waals surface area contributed by atoms with E-state index in [9.17, 15) is 21.9 Å². The molecule has 1 atom stereocenters. The van der Waals surface area contributed by atoms with Gasteiger partial charge in [0.15, 0.2) is 11.5 Å². The summed E-state index contributed by atoms with van der Waals surface area (Å²) in [6.45, 7) is 0.557. The number of nitrogens with zero attached hydrogens (tertiary/aromatic N) is 1. The minimum absolute atomic E-state index is 0.0280. The van der Waals surface area contributed by atoms with Crippen LogP contribution in [0.4, 0.5) is 5.69 Å². The number of rotatable bonds is 7. The molecule has 0 saturated carbocycles. The number of benzene rings is 2. The SMILES string of the molecule is O=S(=O)(NCC[C@@H](O)c1ccc2c(c1)OCO2)c1ccc(N2CCCCS2(=O)=O)cc1. The first kappa shape index (κ1) is 21.9. The molecule has 2 aliphatic rings. The molecule has 168 valence electrons. The van der Waals surface area contributed by atoms with Gasteiger partial charge in [-0.2, -0.15) is 0 Å². The van der Waals surface area contributed by atoms with Crippen LogP contribution in [0.3, 0.4) is 0 Å². The zero-order valence-corrected chi connectivity index (χ0v) is 18.4. The maximum Gasteiger partial charge on any atom is 0.240 e. The second-order valence-corrected chi connectivity index (χ2v) is 11.2. The molecule has 0 aliphatic carbocycles. The number of hydrogen-bond donors (Lipinski definition) is 2. The van der Waals surface area contributed by atoms with Gasteiger partial charge in [-0.3, -0.25) is 4.31 Å². The summed E-state index contributed by atoms with van der Waals surface area (Å²) in [4.78, 5) is 0.0308. The third kappa shape index (κ3) is 4.79. The summed E-state index contributed by atoms with van der Waals surface area (Å²) >= 11 is 0. The summed E-state index contributed by atoms with van der Waals surface area (Å²) in [6, 6.07) is 10.9. The van der Waals surface area contributed by atoms with Gasteiger partial charge in [0.25, 0.3) is 0 Å². The highest BCUT2D eigenvalue weighted by Crippen LogP contribution is 2.34. The van der Waals surface area contributed by atoms with Gasteiger partial charge in [0.05, 0.1) is 22.4 Å². The van der Waals surface area contributed by atoms with Crippen molar-refractivity contribution < 1.29 is 31.4 Å². The molecule has 2 aromatic carbocycles. The van der Waals surface area contributed by atoms with E-state index in [1.807, 2.05) is 0 Å². The van der Waals surface area contributed by atoms with Crippen molar-refractivity contribution in [3.8, 4) is 11.5 Å². The van der Waals surface area contributed by atoms with E-state index < -0.39 is 26.2 Å². The fraction of sp³-hybridized carbons (Fsp3) is 0.400. The Morgan fingerprint density at radius 3 is 2.55 bits per heavy atom. The van der Waals surface area contributed by atoms with Crippen molar-refractivity contribution in [1.29, 1.82) is 0 Å². The number of hydrogen-bond acceptors (Lipinski definition) is 7. The average Bonchev–Trinajstić information content (AvgIpc) is 3.21. The Morgan fingerprint density at radius 2 is 1.81 bits per heavy atom. The van der Waals surface area contributed by atoms with Crippen molar-refractivity contribution in [2.75, 3.05) is 29.9 Å². The van der Waals surface area contributed by atoms with Crippen LogP contribution in [0.2, 0.25) is 0 Å². The molecule has 0 amide bonds. The number of aliphatic hydroxyl groups excluding tert-OH is 1. The summed E-state index contributed by atoms with van der Waals surface area (Å²) in [5.41, 5.74) is 1.06. The molecule has 0 radical (unpaired) electrons. The first-order chi connectivity index (χ1) is 14.8. The van der Waals surface area contributed by atoms with E-state index in [2.05, 4.69) is 4.72 Å². The fourth-order valence-electron chi connectivity index (χ4n) is 3.57. The molecular formula is C20H24N2O7S2. The molecule has 31 heavy (non-hydrogen) atoms. The lowest BCUT2D eigenvalue weighted by Crippen LogP contribution is -2.37. The number of anilines is 1. The molecule has 2 heterocycles. The van der Waals surface area contributed by atoms with Crippen molar-refractivity contribution in [3.63, 3.8) is 0 Å². The summed E-state index contributed by atoms with van der Waals surface area (Å²) < 4.78 is 63.8. The number of aliphatic hydroxyl groups is 1. The maximum atomic E-state index is 12.6. The number of sulfonamides is 2. The molecule has 9 nitrogen and oxygen atoms in total. The van der Waals surface area contributed by atoms with Gasteiger partial charge in [-0.15, -0.1) is 0 Å². The summed E-state index contributed by atoms with van der Waals surface area (Å²) in [7, 11) is -7.15. The molecule has 0 aromatic heterocycles. The van der Waals surface area contributed by atoms with E-state index >= 15 is 0 Å². The van der Waals surface area contributed by atoms with Crippen molar-refractivity contribution in [2.45, 2.75) is 30.3 Å². The maximum absolute atomic E-state index is 12.6. The first-order valence-electron chi connectivity index (χ1n) is 9.94. The molecule has 2 aliphatic heterocycles. The average molecular weight is 469 g/mol. The topological polar surface area (TPSA) is 122 Å². The largest absolute Gasteiger partial charge is 0.454 e. The van der Waals surface area contributed by atoms with Gasteiger partial charge in [0.2, 0.25) is 26.8 Å². The molecule has 0 spiro atoms. The van der Waals surface area contributed by atoms with Crippen LogP contribution in [-0.4, -0.2) is 47.6 Å². The lowest BCUT2D eigenvalue weighted by Gasteiger charge is -2.28. The second-order valence-electron chi connectivity index (χ2n) is 7.40. The number of nitrogens with one attached hydrogen (secondary N) is 1. The monoisotopic (exact) mass is 468 g/mol. The quantitative estimate of drug-likeness (QED) is 0.635. The molecule has 0 unspecified atom stereocenters. The van der Waals surface area contributed by atoms with Crippen molar-refractivity contribution >= 4 is 25.7 Å². The summed E-state index contributed by atoms with van der Waals surface area (Å²) in [6.07, 6.45) is 0.701. The second kappa shape index (κ2) is 8.65. The predicted octanol–water partition coefficient (Wildman–Crippen LogP) is 1.75. The highest BCUT2D eigenvalue weighted by Gasteiger charge is 2.26. The van der Waals surface area contributed by atoms with Crippen LogP contribution in [-0.2, 0) is 20.0 Å². The molecule has 11 heteroatoms. The van der Waals surface area contributed by atoms with Crippen LogP contribution >= 0.6 is 0 Å². The van der Waals surface area contributed by atoms with Crippen LogP contribution in [0.25, 0.3) is 0 Å². The van der Waals surface area contributed by atoms with E-state index in [1.165, 1.54) is 28.6 Å². The Hall–Kier alpha value is -2.34. The van der Waals surface area contributed by atoms with Crippen molar-refractivity contribution in [2.24, 2.45) is 0 Å². The van der Waals surface area contributed by atoms with Crippen LogP contribution < -0.4 is 18.5 Å². The molecule has 2 aromatic rings. The lowest BCUT2D eigenvalue weighted by molar-refractivity contribution is 0.166. The van der Waals surface area contributed by atoms with E-state index in [4.69, 9.17) is 9.47 Å². The Balaban J connectivity index is 1.36. The Kier molecular flexibility index (Phi) is 6.11. The minimum Gasteiger partial charge on any atom is -0.454 e. The first-order valence-corrected chi connectivity index (χ1v) is 13.0. The minimum atomic E-state index is -3.80. The van der Waals surface area contributed by atoms with Crippen molar-refractivity contribution in [3.05, 3.63) is 48.0 Å². The molecule has 2 N–H and O–H groups in total. The van der Waals surface area contributed by atoms with Gasteiger partial charge in [-0.25, -0.2) is 21.6 Å². The van der Waals surface area contributed by atoms with Crippen LogP contribution in [0.5, 0.6) is 11.5 Å². The summed E-state index contributed by atoms with van der Waals surface area (Å²) in [5, 5.41) is 10.4. The Labute approximate surface area is 181 Å². The van der Waals surface area contributed by atoms with Crippen LogP contribution in [0.1, 0.15) is 30.9 Å². The third-order valence-corrected chi connectivity index (χ3v) is 8.62. The van der Waals surface area contributed by atoms with Gasteiger partial charge < -0.3 is 14.6 Å².